The summed E-state index contributed by atoms with van der Waals surface area (Å²) in [7, 11) is 1.97. The summed E-state index contributed by atoms with van der Waals surface area (Å²) >= 11 is 0. The van der Waals surface area contributed by atoms with Gasteiger partial charge in [0.1, 0.15) is 5.75 Å². The van der Waals surface area contributed by atoms with Crippen LogP contribution in [-0.2, 0) is 13.5 Å². The maximum Gasteiger partial charge on any atom is 0.115 e. The van der Waals surface area contributed by atoms with Crippen molar-refractivity contribution in [2.45, 2.75) is 13.3 Å². The fourth-order valence-electron chi connectivity index (χ4n) is 2.54. The highest BCUT2D eigenvalue weighted by molar-refractivity contribution is 5.66. The van der Waals surface area contributed by atoms with Crippen molar-refractivity contribution in [2.24, 2.45) is 7.05 Å². The van der Waals surface area contributed by atoms with E-state index >= 15 is 0 Å². The van der Waals surface area contributed by atoms with Gasteiger partial charge in [0, 0.05) is 19.0 Å². The van der Waals surface area contributed by atoms with Gasteiger partial charge in [0.15, 0.2) is 0 Å². The fraction of sp³-hybridized carbons (Fsp3) is 0.167. The minimum absolute atomic E-state index is 0.281. The second-order valence-electron chi connectivity index (χ2n) is 5.28. The molecule has 3 aromatic rings. The fourth-order valence-corrected chi connectivity index (χ4v) is 2.54. The van der Waals surface area contributed by atoms with Crippen LogP contribution in [0.3, 0.4) is 0 Å². The van der Waals surface area contributed by atoms with E-state index in [-0.39, 0.29) is 5.75 Å². The average Bonchev–Trinajstić information content (AvgIpc) is 2.84. The van der Waals surface area contributed by atoms with Crippen molar-refractivity contribution in [1.29, 1.82) is 0 Å². The van der Waals surface area contributed by atoms with E-state index in [0.29, 0.717) is 0 Å². The summed E-state index contributed by atoms with van der Waals surface area (Å²) in [5, 5.41) is 13.8. The Morgan fingerprint density at radius 3 is 2.48 bits per heavy atom. The molecule has 3 rings (SSSR count). The van der Waals surface area contributed by atoms with Crippen LogP contribution in [0.1, 0.15) is 16.8 Å². The molecule has 1 N–H and O–H groups in total. The van der Waals surface area contributed by atoms with E-state index in [1.807, 2.05) is 30.1 Å². The highest BCUT2D eigenvalue weighted by atomic mass is 16.3. The first-order valence-electron chi connectivity index (χ1n) is 7.00. The van der Waals surface area contributed by atoms with Gasteiger partial charge in [0.25, 0.3) is 0 Å². The van der Waals surface area contributed by atoms with Gasteiger partial charge in [-0.15, -0.1) is 0 Å². The van der Waals surface area contributed by atoms with Gasteiger partial charge < -0.3 is 5.11 Å². The first-order chi connectivity index (χ1) is 10.1. The van der Waals surface area contributed by atoms with Crippen molar-refractivity contribution in [3.8, 4) is 16.9 Å². The summed E-state index contributed by atoms with van der Waals surface area (Å²) in [6.07, 6.45) is 2.74. The monoisotopic (exact) mass is 278 g/mol. The van der Waals surface area contributed by atoms with Gasteiger partial charge in [-0.1, -0.05) is 36.4 Å². The Balaban J connectivity index is 2.01. The first kappa shape index (κ1) is 13.4. The van der Waals surface area contributed by atoms with Crippen LogP contribution in [0.2, 0.25) is 0 Å². The molecule has 0 aliphatic rings. The highest BCUT2D eigenvalue weighted by Gasteiger charge is 2.12. The standard InChI is InChI=1S/C18H18N2O/c1-13-5-3-4-6-15(13)11-18-17(12-19-20(18)2)14-7-9-16(21)10-8-14/h3-10,12,21H,11H2,1-2H3. The van der Waals surface area contributed by atoms with Gasteiger partial charge in [0.2, 0.25) is 0 Å². The lowest BCUT2D eigenvalue weighted by molar-refractivity contribution is 0.475. The molecule has 0 bridgehead atoms. The number of rotatable bonds is 3. The van der Waals surface area contributed by atoms with Gasteiger partial charge in [-0.2, -0.15) is 5.10 Å². The number of benzene rings is 2. The Labute approximate surface area is 124 Å². The van der Waals surface area contributed by atoms with Crippen LogP contribution in [0.15, 0.2) is 54.7 Å². The number of hydrogen-bond acceptors (Lipinski definition) is 2. The largest absolute Gasteiger partial charge is 0.508 e. The molecule has 0 saturated heterocycles. The summed E-state index contributed by atoms with van der Waals surface area (Å²) in [5.74, 6) is 0.281. The van der Waals surface area contributed by atoms with Crippen LogP contribution in [0.25, 0.3) is 11.1 Å². The molecular formula is C18H18N2O. The Hall–Kier alpha value is -2.55. The maximum absolute atomic E-state index is 9.43. The predicted octanol–water partition coefficient (Wildman–Crippen LogP) is 3.69. The van der Waals surface area contributed by atoms with E-state index in [1.54, 1.807) is 12.1 Å². The predicted molar refractivity (Wildman–Crippen MR) is 84.3 cm³/mol. The lowest BCUT2D eigenvalue weighted by Crippen LogP contribution is -2.01. The molecule has 21 heavy (non-hydrogen) atoms. The minimum atomic E-state index is 0.281. The van der Waals surface area contributed by atoms with E-state index in [0.717, 1.165) is 17.5 Å². The molecule has 0 radical (unpaired) electrons. The summed E-state index contributed by atoms with van der Waals surface area (Å²) in [6, 6.07) is 15.7. The number of aromatic hydroxyl groups is 1. The second kappa shape index (κ2) is 5.44. The number of aromatic nitrogens is 2. The molecule has 1 heterocycles. The number of phenols is 1. The normalized spacial score (nSPS) is 10.8. The van der Waals surface area contributed by atoms with E-state index in [9.17, 15) is 5.11 Å². The van der Waals surface area contributed by atoms with Gasteiger partial charge >= 0.3 is 0 Å². The zero-order valence-electron chi connectivity index (χ0n) is 12.2. The lowest BCUT2D eigenvalue weighted by Gasteiger charge is -2.09. The molecule has 1 aromatic heterocycles. The van der Waals surface area contributed by atoms with Crippen molar-refractivity contribution in [3.05, 3.63) is 71.5 Å². The van der Waals surface area contributed by atoms with Gasteiger partial charge in [-0.05, 0) is 35.7 Å². The third-order valence-electron chi connectivity index (χ3n) is 3.86. The van der Waals surface area contributed by atoms with Crippen LogP contribution in [0.5, 0.6) is 5.75 Å². The van der Waals surface area contributed by atoms with Crippen molar-refractivity contribution in [1.82, 2.24) is 9.78 Å². The molecule has 106 valence electrons. The average molecular weight is 278 g/mol. The number of phenolic OH excluding ortho intramolecular Hbond substituents is 1. The topological polar surface area (TPSA) is 38.1 Å². The SMILES string of the molecule is Cc1ccccc1Cc1c(-c2ccc(O)cc2)cnn1C. The van der Waals surface area contributed by atoms with Gasteiger partial charge in [0.05, 0.1) is 11.9 Å². The second-order valence-corrected chi connectivity index (χ2v) is 5.28. The summed E-state index contributed by atoms with van der Waals surface area (Å²) < 4.78 is 1.93. The Morgan fingerprint density at radius 1 is 1.05 bits per heavy atom. The molecule has 0 fully saturated rings. The molecule has 2 aromatic carbocycles. The van der Waals surface area contributed by atoms with Crippen LogP contribution in [0.4, 0.5) is 0 Å². The third kappa shape index (κ3) is 2.68. The first-order valence-corrected chi connectivity index (χ1v) is 7.00. The Kier molecular flexibility index (Phi) is 3.48. The highest BCUT2D eigenvalue weighted by Crippen LogP contribution is 2.27. The Bertz CT molecular complexity index is 757. The quantitative estimate of drug-likeness (QED) is 0.793. The molecular weight excluding hydrogens is 260 g/mol. The zero-order valence-corrected chi connectivity index (χ0v) is 12.2. The van der Waals surface area contributed by atoms with Crippen LogP contribution < -0.4 is 0 Å². The minimum Gasteiger partial charge on any atom is -0.508 e. The molecule has 0 aliphatic heterocycles. The summed E-state index contributed by atoms with van der Waals surface area (Å²) in [6.45, 7) is 2.13. The van der Waals surface area contributed by atoms with Crippen molar-refractivity contribution < 1.29 is 5.11 Å². The number of hydrogen-bond donors (Lipinski definition) is 1. The molecule has 0 aliphatic carbocycles. The summed E-state index contributed by atoms with van der Waals surface area (Å²) in [5.41, 5.74) is 5.96. The van der Waals surface area contributed by atoms with E-state index in [4.69, 9.17) is 0 Å². The van der Waals surface area contributed by atoms with Crippen LogP contribution >= 0.6 is 0 Å². The maximum atomic E-state index is 9.43. The zero-order chi connectivity index (χ0) is 14.8. The van der Waals surface area contributed by atoms with Crippen LogP contribution in [-0.4, -0.2) is 14.9 Å². The third-order valence-corrected chi connectivity index (χ3v) is 3.86. The smallest absolute Gasteiger partial charge is 0.115 e. The molecule has 0 atom stereocenters. The molecule has 0 amide bonds. The number of nitrogens with zero attached hydrogens (tertiary/aromatic N) is 2. The lowest BCUT2D eigenvalue weighted by atomic mass is 9.99. The van der Waals surface area contributed by atoms with Crippen molar-refractivity contribution >= 4 is 0 Å². The van der Waals surface area contributed by atoms with Crippen LogP contribution in [0, 0.1) is 6.92 Å². The van der Waals surface area contributed by atoms with E-state index < -0.39 is 0 Å². The Morgan fingerprint density at radius 2 is 1.76 bits per heavy atom. The summed E-state index contributed by atoms with van der Waals surface area (Å²) in [4.78, 5) is 0. The van der Waals surface area contributed by atoms with Crippen molar-refractivity contribution in [3.63, 3.8) is 0 Å². The van der Waals surface area contributed by atoms with E-state index in [2.05, 4.69) is 36.3 Å². The molecule has 3 nitrogen and oxygen atoms in total. The molecule has 0 unspecified atom stereocenters. The van der Waals surface area contributed by atoms with E-state index in [1.165, 1.54) is 16.8 Å². The molecule has 0 spiro atoms. The van der Waals surface area contributed by atoms with Gasteiger partial charge in [-0.25, -0.2) is 0 Å². The van der Waals surface area contributed by atoms with Crippen molar-refractivity contribution in [2.75, 3.05) is 0 Å². The molecule has 0 saturated carbocycles. The number of aryl methyl sites for hydroxylation is 2. The van der Waals surface area contributed by atoms with Gasteiger partial charge in [-0.3, -0.25) is 4.68 Å². The molecule has 3 heteroatoms.